The number of benzene rings is 2. The molecule has 0 spiro atoms. The molecule has 0 aliphatic rings. The molecule has 5 nitrogen and oxygen atoms in total. The summed E-state index contributed by atoms with van der Waals surface area (Å²) in [5.74, 6) is -0.158. The molecule has 0 atom stereocenters. The molecule has 1 N–H and O–H groups in total. The molecule has 0 unspecified atom stereocenters. The van der Waals surface area contributed by atoms with Gasteiger partial charge in [-0.15, -0.1) is 0 Å². The monoisotopic (exact) mass is 362 g/mol. The first-order valence-electron chi connectivity index (χ1n) is 8.90. The first-order chi connectivity index (χ1) is 13.1. The summed E-state index contributed by atoms with van der Waals surface area (Å²) >= 11 is 0. The van der Waals surface area contributed by atoms with Gasteiger partial charge in [0.15, 0.2) is 0 Å². The van der Waals surface area contributed by atoms with Crippen LogP contribution in [0.15, 0.2) is 48.5 Å². The average Bonchev–Trinajstić information content (AvgIpc) is 2.98. The number of amides is 1. The third kappa shape index (κ3) is 3.14. The second-order valence-corrected chi connectivity index (χ2v) is 6.50. The van der Waals surface area contributed by atoms with Crippen LogP contribution < -0.4 is 5.32 Å². The number of pyridine rings is 1. The predicted octanol–water partition coefficient (Wildman–Crippen LogP) is 4.69. The maximum atomic E-state index is 13.5. The van der Waals surface area contributed by atoms with E-state index in [9.17, 15) is 9.18 Å². The number of aromatic nitrogens is 3. The molecule has 0 saturated carbocycles. The van der Waals surface area contributed by atoms with Crippen LogP contribution in [-0.4, -0.2) is 20.4 Å². The number of nitrogens with one attached hydrogen (secondary N) is 1. The summed E-state index contributed by atoms with van der Waals surface area (Å²) in [6.45, 7) is 4.61. The van der Waals surface area contributed by atoms with Gasteiger partial charge in [-0.25, -0.2) is 9.37 Å². The highest BCUT2D eigenvalue weighted by atomic mass is 19.1. The lowest BCUT2D eigenvalue weighted by atomic mass is 10.1. The molecule has 0 bridgehead atoms. The summed E-state index contributed by atoms with van der Waals surface area (Å²) in [6.07, 6.45) is 0.916. The zero-order valence-electron chi connectivity index (χ0n) is 15.2. The SMILES string of the molecule is CCCn1c(NC(=O)c2cc(C)nc3cc(F)ccc23)nc2ccccc21. The highest BCUT2D eigenvalue weighted by Crippen LogP contribution is 2.23. The normalized spacial score (nSPS) is 11.2. The van der Waals surface area contributed by atoms with Crippen molar-refractivity contribution in [3.8, 4) is 0 Å². The molecular formula is C21H19FN4O. The van der Waals surface area contributed by atoms with E-state index in [4.69, 9.17) is 0 Å². The fourth-order valence-corrected chi connectivity index (χ4v) is 3.31. The third-order valence-electron chi connectivity index (χ3n) is 4.47. The lowest BCUT2D eigenvalue weighted by Crippen LogP contribution is -2.17. The number of halogens is 1. The third-order valence-corrected chi connectivity index (χ3v) is 4.47. The Morgan fingerprint density at radius 3 is 2.74 bits per heavy atom. The molecule has 4 rings (SSSR count). The highest BCUT2D eigenvalue weighted by molar-refractivity contribution is 6.12. The first-order valence-corrected chi connectivity index (χ1v) is 8.90. The number of aryl methyl sites for hydroxylation is 2. The van der Waals surface area contributed by atoms with Gasteiger partial charge in [-0.2, -0.15) is 0 Å². The van der Waals surface area contributed by atoms with Crippen LogP contribution in [-0.2, 0) is 6.54 Å². The van der Waals surface area contributed by atoms with E-state index >= 15 is 0 Å². The minimum atomic E-state index is -0.378. The van der Waals surface area contributed by atoms with Crippen molar-refractivity contribution in [3.05, 3.63) is 65.6 Å². The quantitative estimate of drug-likeness (QED) is 0.573. The van der Waals surface area contributed by atoms with E-state index in [1.165, 1.54) is 12.1 Å². The molecule has 0 saturated heterocycles. The Morgan fingerprint density at radius 1 is 1.11 bits per heavy atom. The Labute approximate surface area is 155 Å². The van der Waals surface area contributed by atoms with Crippen molar-refractivity contribution in [2.24, 2.45) is 0 Å². The van der Waals surface area contributed by atoms with Gasteiger partial charge >= 0.3 is 0 Å². The van der Waals surface area contributed by atoms with Crippen molar-refractivity contribution < 1.29 is 9.18 Å². The minimum absolute atomic E-state index is 0.287. The van der Waals surface area contributed by atoms with E-state index in [0.717, 1.165) is 24.0 Å². The van der Waals surface area contributed by atoms with Crippen LogP contribution in [0.3, 0.4) is 0 Å². The van der Waals surface area contributed by atoms with Gasteiger partial charge in [-0.1, -0.05) is 19.1 Å². The van der Waals surface area contributed by atoms with Gasteiger partial charge in [0.25, 0.3) is 5.91 Å². The summed E-state index contributed by atoms with van der Waals surface area (Å²) in [5.41, 5.74) is 3.38. The lowest BCUT2D eigenvalue weighted by Gasteiger charge is -2.11. The molecule has 0 fully saturated rings. The number of rotatable bonds is 4. The van der Waals surface area contributed by atoms with Gasteiger partial charge < -0.3 is 4.57 Å². The minimum Gasteiger partial charge on any atom is -0.310 e. The molecule has 2 aromatic heterocycles. The van der Waals surface area contributed by atoms with Crippen LogP contribution in [0.25, 0.3) is 21.9 Å². The Bertz CT molecular complexity index is 1160. The summed E-state index contributed by atoms with van der Waals surface area (Å²) in [4.78, 5) is 21.9. The Kier molecular flexibility index (Phi) is 4.32. The lowest BCUT2D eigenvalue weighted by molar-refractivity contribution is 0.102. The van der Waals surface area contributed by atoms with Crippen LogP contribution >= 0.6 is 0 Å². The fraction of sp³-hybridized carbons (Fsp3) is 0.190. The van der Waals surface area contributed by atoms with Crippen LogP contribution in [0.1, 0.15) is 29.4 Å². The van der Waals surface area contributed by atoms with Crippen molar-refractivity contribution >= 4 is 33.8 Å². The summed E-state index contributed by atoms with van der Waals surface area (Å²) in [6, 6.07) is 13.8. The van der Waals surface area contributed by atoms with Crippen LogP contribution in [0.2, 0.25) is 0 Å². The van der Waals surface area contributed by atoms with Crippen LogP contribution in [0.5, 0.6) is 0 Å². The average molecular weight is 362 g/mol. The molecule has 0 aliphatic heterocycles. The molecule has 2 heterocycles. The molecule has 136 valence electrons. The van der Waals surface area contributed by atoms with Crippen LogP contribution in [0.4, 0.5) is 10.3 Å². The molecule has 27 heavy (non-hydrogen) atoms. The van der Waals surface area contributed by atoms with E-state index < -0.39 is 0 Å². The molecule has 2 aromatic carbocycles. The number of carbonyl (C=O) groups excluding carboxylic acids is 1. The largest absolute Gasteiger partial charge is 0.310 e. The number of fused-ring (bicyclic) bond motifs is 2. The predicted molar refractivity (Wildman–Crippen MR) is 104 cm³/mol. The Hall–Kier alpha value is -3.28. The first kappa shape index (κ1) is 17.1. The maximum Gasteiger partial charge on any atom is 0.258 e. The van der Waals surface area contributed by atoms with E-state index in [-0.39, 0.29) is 11.7 Å². The summed E-state index contributed by atoms with van der Waals surface area (Å²) in [5, 5.41) is 3.54. The molecule has 4 aromatic rings. The highest BCUT2D eigenvalue weighted by Gasteiger charge is 2.17. The van der Waals surface area contributed by atoms with E-state index in [2.05, 4.69) is 22.2 Å². The zero-order valence-corrected chi connectivity index (χ0v) is 15.2. The summed E-state index contributed by atoms with van der Waals surface area (Å²) < 4.78 is 15.6. The zero-order chi connectivity index (χ0) is 19.0. The van der Waals surface area contributed by atoms with Crippen molar-refractivity contribution in [1.29, 1.82) is 0 Å². The number of carbonyl (C=O) groups is 1. The van der Waals surface area contributed by atoms with Gasteiger partial charge in [0.05, 0.1) is 22.1 Å². The standard InChI is InChI=1S/C21H19FN4O/c1-3-10-26-19-7-5-4-6-17(19)24-21(26)25-20(27)16-11-13(2)23-18-12-14(22)8-9-15(16)18/h4-9,11-12H,3,10H2,1-2H3,(H,24,25,27). The second kappa shape index (κ2) is 6.79. The number of nitrogens with zero attached hydrogens (tertiary/aromatic N) is 3. The Morgan fingerprint density at radius 2 is 1.93 bits per heavy atom. The molecular weight excluding hydrogens is 343 g/mol. The van der Waals surface area contributed by atoms with Gasteiger partial charge in [0, 0.05) is 23.7 Å². The van der Waals surface area contributed by atoms with Gasteiger partial charge in [0.2, 0.25) is 5.95 Å². The number of para-hydroxylation sites is 2. The maximum absolute atomic E-state index is 13.5. The van der Waals surface area contributed by atoms with Crippen molar-refractivity contribution in [2.75, 3.05) is 5.32 Å². The fourth-order valence-electron chi connectivity index (χ4n) is 3.31. The summed E-state index contributed by atoms with van der Waals surface area (Å²) in [7, 11) is 0. The van der Waals surface area contributed by atoms with E-state index in [1.807, 2.05) is 28.8 Å². The Balaban J connectivity index is 1.78. The van der Waals surface area contributed by atoms with Crippen molar-refractivity contribution in [1.82, 2.24) is 14.5 Å². The molecule has 6 heteroatoms. The second-order valence-electron chi connectivity index (χ2n) is 6.50. The topological polar surface area (TPSA) is 59.8 Å². The number of anilines is 1. The van der Waals surface area contributed by atoms with Crippen LogP contribution in [0, 0.1) is 12.7 Å². The molecule has 0 aliphatic carbocycles. The number of imidazole rings is 1. The molecule has 0 radical (unpaired) electrons. The number of hydrogen-bond acceptors (Lipinski definition) is 3. The van der Waals surface area contributed by atoms with Crippen molar-refractivity contribution in [2.45, 2.75) is 26.8 Å². The smallest absolute Gasteiger partial charge is 0.258 e. The van der Waals surface area contributed by atoms with Gasteiger partial charge in [-0.3, -0.25) is 15.1 Å². The molecule has 1 amide bonds. The van der Waals surface area contributed by atoms with Gasteiger partial charge in [0.1, 0.15) is 5.82 Å². The van der Waals surface area contributed by atoms with E-state index in [1.54, 1.807) is 19.1 Å². The van der Waals surface area contributed by atoms with Crippen molar-refractivity contribution in [3.63, 3.8) is 0 Å². The van der Waals surface area contributed by atoms with Gasteiger partial charge in [-0.05, 0) is 43.7 Å². The number of hydrogen-bond donors (Lipinski definition) is 1. The van der Waals surface area contributed by atoms with E-state index in [0.29, 0.717) is 28.1 Å².